The van der Waals surface area contributed by atoms with Crippen LogP contribution in [0.5, 0.6) is 23.0 Å². The first-order valence-corrected chi connectivity index (χ1v) is 14.4. The predicted molar refractivity (Wildman–Crippen MR) is 160 cm³/mol. The van der Waals surface area contributed by atoms with Crippen molar-refractivity contribution in [3.8, 4) is 23.0 Å². The number of ether oxygens (including phenoxy) is 2. The van der Waals surface area contributed by atoms with Crippen LogP contribution >= 0.6 is 0 Å². The van der Waals surface area contributed by atoms with Crippen LogP contribution in [0.1, 0.15) is 32.1 Å². The Hall–Kier alpha value is -4.37. The summed E-state index contributed by atoms with van der Waals surface area (Å²) in [6, 6.07) is 19.8. The second kappa shape index (κ2) is 12.4. The molecule has 1 saturated heterocycles. The van der Waals surface area contributed by atoms with Gasteiger partial charge in [0.1, 0.15) is 28.4 Å². The Morgan fingerprint density at radius 1 is 1.02 bits per heavy atom. The molecule has 41 heavy (non-hydrogen) atoms. The van der Waals surface area contributed by atoms with Crippen LogP contribution in [-0.4, -0.2) is 69.7 Å². The number of piperidine rings is 1. The molecule has 9 heteroatoms. The molecular formula is C32H36N6O3. The predicted octanol–water partition coefficient (Wildman–Crippen LogP) is 5.99. The Morgan fingerprint density at radius 2 is 1.78 bits per heavy atom. The molecule has 1 saturated carbocycles. The second-order valence-corrected chi connectivity index (χ2v) is 10.7. The maximum absolute atomic E-state index is 13.1. The van der Waals surface area contributed by atoms with Crippen LogP contribution in [0.3, 0.4) is 0 Å². The number of pyridine rings is 1. The number of carbonyl (C=O) groups excluding carboxylic acids is 1. The van der Waals surface area contributed by atoms with E-state index in [0.717, 1.165) is 49.2 Å². The zero-order valence-electron chi connectivity index (χ0n) is 23.3. The van der Waals surface area contributed by atoms with Crippen molar-refractivity contribution < 1.29 is 14.3 Å². The molecule has 0 spiro atoms. The number of rotatable bonds is 11. The summed E-state index contributed by atoms with van der Waals surface area (Å²) >= 11 is 0. The number of hydrogen-bond donors (Lipinski definition) is 2. The molecule has 9 nitrogen and oxygen atoms in total. The highest BCUT2D eigenvalue weighted by molar-refractivity contribution is 5.93. The summed E-state index contributed by atoms with van der Waals surface area (Å²) < 4.78 is 12.2. The molecule has 0 radical (unpaired) electrons. The van der Waals surface area contributed by atoms with Crippen LogP contribution in [0.25, 0.3) is 11.0 Å². The Morgan fingerprint density at radius 3 is 2.56 bits per heavy atom. The lowest BCUT2D eigenvalue weighted by molar-refractivity contribution is -0.129. The van der Waals surface area contributed by atoms with E-state index in [0.29, 0.717) is 35.6 Å². The number of nitrogens with one attached hydrogen (secondary N) is 2. The van der Waals surface area contributed by atoms with Gasteiger partial charge in [0.2, 0.25) is 5.91 Å². The Kier molecular flexibility index (Phi) is 8.13. The van der Waals surface area contributed by atoms with Crippen LogP contribution in [-0.2, 0) is 4.79 Å². The van der Waals surface area contributed by atoms with Crippen LogP contribution in [0.15, 0.2) is 79.0 Å². The molecule has 6 rings (SSSR count). The third-order valence-corrected chi connectivity index (χ3v) is 7.69. The van der Waals surface area contributed by atoms with Crippen molar-refractivity contribution in [1.29, 1.82) is 0 Å². The van der Waals surface area contributed by atoms with Crippen molar-refractivity contribution in [2.24, 2.45) is 0 Å². The topological polar surface area (TPSA) is 95.6 Å². The number of carbonyl (C=O) groups is 1. The Bertz CT molecular complexity index is 1480. The van der Waals surface area contributed by atoms with E-state index in [-0.39, 0.29) is 11.9 Å². The van der Waals surface area contributed by atoms with Gasteiger partial charge in [-0.1, -0.05) is 24.3 Å². The van der Waals surface area contributed by atoms with Crippen molar-refractivity contribution >= 4 is 22.8 Å². The van der Waals surface area contributed by atoms with Gasteiger partial charge in [-0.3, -0.25) is 14.8 Å². The molecule has 2 aromatic carbocycles. The van der Waals surface area contributed by atoms with E-state index < -0.39 is 0 Å². The fourth-order valence-electron chi connectivity index (χ4n) is 5.26. The van der Waals surface area contributed by atoms with Gasteiger partial charge in [0.05, 0.1) is 0 Å². The van der Waals surface area contributed by atoms with E-state index in [4.69, 9.17) is 9.47 Å². The number of aromatic amines is 1. The van der Waals surface area contributed by atoms with Gasteiger partial charge < -0.3 is 19.7 Å². The van der Waals surface area contributed by atoms with Crippen LogP contribution < -0.4 is 14.8 Å². The Labute approximate surface area is 240 Å². The zero-order chi connectivity index (χ0) is 28.0. The molecule has 1 aliphatic carbocycles. The number of likely N-dealkylation sites (N-methyl/N-ethyl adjacent to an activating group) is 1. The van der Waals surface area contributed by atoms with Gasteiger partial charge in [-0.15, -0.1) is 0 Å². The average molecular weight is 553 g/mol. The second-order valence-electron chi connectivity index (χ2n) is 10.7. The molecular weight excluding hydrogens is 516 g/mol. The van der Waals surface area contributed by atoms with Gasteiger partial charge in [0, 0.05) is 50.1 Å². The maximum atomic E-state index is 13.1. The monoisotopic (exact) mass is 552 g/mol. The lowest BCUT2D eigenvalue weighted by atomic mass is 10.0. The number of aromatic nitrogens is 3. The summed E-state index contributed by atoms with van der Waals surface area (Å²) in [4.78, 5) is 21.8. The van der Waals surface area contributed by atoms with E-state index >= 15 is 0 Å². The van der Waals surface area contributed by atoms with E-state index in [9.17, 15) is 4.79 Å². The number of hydrogen-bond acceptors (Lipinski definition) is 7. The van der Waals surface area contributed by atoms with Gasteiger partial charge in [-0.2, -0.15) is 5.10 Å². The van der Waals surface area contributed by atoms with Gasteiger partial charge in [-0.05, 0) is 75.5 Å². The summed E-state index contributed by atoms with van der Waals surface area (Å²) in [7, 11) is 2.12. The number of para-hydroxylation sites is 1. The summed E-state index contributed by atoms with van der Waals surface area (Å²) in [5.41, 5.74) is 0.633. The summed E-state index contributed by atoms with van der Waals surface area (Å²) in [6.45, 7) is 2.18. The third kappa shape index (κ3) is 6.69. The summed E-state index contributed by atoms with van der Waals surface area (Å²) in [5, 5.41) is 11.7. The van der Waals surface area contributed by atoms with E-state index in [2.05, 4.69) is 32.4 Å². The van der Waals surface area contributed by atoms with E-state index in [1.807, 2.05) is 71.6 Å². The molecule has 0 unspecified atom stereocenters. The first-order valence-electron chi connectivity index (χ1n) is 14.4. The average Bonchev–Trinajstić information content (AvgIpc) is 3.78. The van der Waals surface area contributed by atoms with Crippen LogP contribution in [0.4, 0.5) is 5.82 Å². The minimum absolute atomic E-state index is 0.0814. The van der Waals surface area contributed by atoms with Crippen molar-refractivity contribution in [3.05, 3.63) is 79.0 Å². The molecule has 2 aromatic heterocycles. The SMILES string of the molecule is CN(CC=CC(=O)N1CCCC[C@H]1CNc1n[nH]c2nccc(Oc3ccc(Oc4ccccc4)cc3)c12)C1CC1. The van der Waals surface area contributed by atoms with Crippen LogP contribution in [0, 0.1) is 0 Å². The first kappa shape index (κ1) is 26.8. The quantitative estimate of drug-likeness (QED) is 0.221. The third-order valence-electron chi connectivity index (χ3n) is 7.69. The fraction of sp³-hybridized carbons (Fsp3) is 0.344. The van der Waals surface area contributed by atoms with Crippen molar-refractivity contribution in [2.75, 3.05) is 32.0 Å². The number of fused-ring (bicyclic) bond motifs is 1. The lowest BCUT2D eigenvalue weighted by Crippen LogP contribution is -2.46. The number of likely N-dealkylation sites (tertiary alicyclic amines) is 1. The normalized spacial score (nSPS) is 17.3. The minimum atomic E-state index is 0.0814. The lowest BCUT2D eigenvalue weighted by Gasteiger charge is -2.35. The smallest absolute Gasteiger partial charge is 0.246 e. The number of H-pyrrole nitrogens is 1. The van der Waals surface area contributed by atoms with Gasteiger partial charge in [-0.25, -0.2) is 4.98 Å². The summed E-state index contributed by atoms with van der Waals surface area (Å²) in [6.07, 6.45) is 11.0. The van der Waals surface area contributed by atoms with Gasteiger partial charge in [0.15, 0.2) is 11.5 Å². The molecule has 2 fully saturated rings. The van der Waals surface area contributed by atoms with E-state index in [1.165, 1.54) is 12.8 Å². The summed E-state index contributed by atoms with van der Waals surface area (Å²) in [5.74, 6) is 3.56. The highest BCUT2D eigenvalue weighted by Crippen LogP contribution is 2.34. The van der Waals surface area contributed by atoms with Crippen molar-refractivity contribution in [3.63, 3.8) is 0 Å². The van der Waals surface area contributed by atoms with E-state index in [1.54, 1.807) is 12.3 Å². The fourth-order valence-corrected chi connectivity index (χ4v) is 5.26. The molecule has 4 aromatic rings. The highest BCUT2D eigenvalue weighted by atomic mass is 16.5. The zero-order valence-corrected chi connectivity index (χ0v) is 23.3. The largest absolute Gasteiger partial charge is 0.457 e. The first-order chi connectivity index (χ1) is 20.1. The highest BCUT2D eigenvalue weighted by Gasteiger charge is 2.27. The molecule has 0 bridgehead atoms. The Balaban J connectivity index is 1.11. The van der Waals surface area contributed by atoms with Gasteiger partial charge >= 0.3 is 0 Å². The molecule has 2 aliphatic rings. The molecule has 1 atom stereocenters. The van der Waals surface area contributed by atoms with Crippen molar-refractivity contribution in [2.45, 2.75) is 44.2 Å². The molecule has 1 amide bonds. The number of amides is 1. The molecule has 1 aliphatic heterocycles. The number of anilines is 1. The molecule has 212 valence electrons. The standard InChI is InChI=1S/C32H36N6O3/c1-37(23-12-13-23)20-7-11-29(39)38-21-6-5-8-24(38)22-34-32-30-28(18-19-33-31(30)35-36-32)41-27-16-14-26(15-17-27)40-25-9-3-2-4-10-25/h2-4,7,9-11,14-19,23-24H,5-6,8,12-13,20-22H2,1H3,(H2,33,34,35,36)/t24-/m0/s1. The number of benzene rings is 2. The molecule has 3 heterocycles. The van der Waals surface area contributed by atoms with Crippen molar-refractivity contribution in [1.82, 2.24) is 25.0 Å². The number of nitrogens with zero attached hydrogens (tertiary/aromatic N) is 4. The maximum Gasteiger partial charge on any atom is 0.246 e. The minimum Gasteiger partial charge on any atom is -0.457 e. The van der Waals surface area contributed by atoms with Crippen LogP contribution in [0.2, 0.25) is 0 Å². The van der Waals surface area contributed by atoms with Gasteiger partial charge in [0.25, 0.3) is 0 Å². The molecule has 2 N–H and O–H groups in total.